The molecule has 1 aromatic carbocycles. The Morgan fingerprint density at radius 3 is 2.85 bits per heavy atom. The molecule has 2 N–H and O–H groups in total. The Kier molecular flexibility index (Phi) is 4.64. The maximum Gasteiger partial charge on any atom is 0.254 e. The molecule has 2 aromatic heterocycles. The third-order valence-corrected chi connectivity index (χ3v) is 4.72. The summed E-state index contributed by atoms with van der Waals surface area (Å²) < 4.78 is 13.8. The monoisotopic (exact) mass is 366 g/mol. The number of likely N-dealkylation sites (N-methyl/N-ethyl adjacent to an activating group) is 1. The molecule has 1 fully saturated rings. The van der Waals surface area contributed by atoms with Gasteiger partial charge in [-0.1, -0.05) is 30.3 Å². The number of carbonyl (C=O) groups excluding carboxylic acids is 1. The zero-order chi connectivity index (χ0) is 18.8. The number of likely N-dealkylation sites (tertiary alicyclic amines) is 1. The summed E-state index contributed by atoms with van der Waals surface area (Å²) in [4.78, 5) is 22.9. The van der Waals surface area contributed by atoms with Crippen LogP contribution >= 0.6 is 0 Å². The summed E-state index contributed by atoms with van der Waals surface area (Å²) in [6.45, 7) is 1.36. The van der Waals surface area contributed by atoms with E-state index in [-0.39, 0.29) is 17.5 Å². The maximum absolute atomic E-state index is 13.8. The summed E-state index contributed by atoms with van der Waals surface area (Å²) in [5.41, 5.74) is 0.909. The Balaban J connectivity index is 1.54. The largest absolute Gasteiger partial charge is 0.347 e. The molecule has 0 saturated carbocycles. The van der Waals surface area contributed by atoms with Gasteiger partial charge in [-0.3, -0.25) is 14.9 Å². The third kappa shape index (κ3) is 3.56. The maximum atomic E-state index is 13.8. The van der Waals surface area contributed by atoms with Gasteiger partial charge in [0.15, 0.2) is 11.6 Å². The number of hydrogen-bond donors (Lipinski definition) is 2. The number of amides is 1. The van der Waals surface area contributed by atoms with Crippen LogP contribution < -0.4 is 5.32 Å². The molecular weight excluding hydrogens is 347 g/mol. The summed E-state index contributed by atoms with van der Waals surface area (Å²) in [5.74, 6) is 0.171. The molecule has 3 heterocycles. The molecule has 8 heteroatoms. The SMILES string of the molecule is CN1C[C@@H](NC(=O)c2ccncc2F)[C@H](c2nc(-c3ccccc3)n[nH]2)C1. The lowest BCUT2D eigenvalue weighted by Crippen LogP contribution is -2.40. The summed E-state index contributed by atoms with van der Waals surface area (Å²) in [7, 11) is 1.97. The van der Waals surface area contributed by atoms with E-state index >= 15 is 0 Å². The predicted molar refractivity (Wildman–Crippen MR) is 97.5 cm³/mol. The van der Waals surface area contributed by atoms with Gasteiger partial charge in [0.25, 0.3) is 5.91 Å². The fourth-order valence-electron chi connectivity index (χ4n) is 3.39. The van der Waals surface area contributed by atoms with Crippen LogP contribution in [0.25, 0.3) is 11.4 Å². The number of nitrogens with zero attached hydrogens (tertiary/aromatic N) is 4. The van der Waals surface area contributed by atoms with Gasteiger partial charge in [0.1, 0.15) is 5.82 Å². The van der Waals surface area contributed by atoms with Crippen LogP contribution in [0.5, 0.6) is 0 Å². The molecule has 1 saturated heterocycles. The Hall–Kier alpha value is -3.13. The van der Waals surface area contributed by atoms with E-state index in [9.17, 15) is 9.18 Å². The quantitative estimate of drug-likeness (QED) is 0.736. The molecule has 0 unspecified atom stereocenters. The average Bonchev–Trinajstić information content (AvgIpc) is 3.29. The first-order valence-electron chi connectivity index (χ1n) is 8.68. The second-order valence-electron chi connectivity index (χ2n) is 6.67. The van der Waals surface area contributed by atoms with E-state index in [1.165, 1.54) is 12.3 Å². The first-order chi connectivity index (χ1) is 13.1. The number of carbonyl (C=O) groups is 1. The first kappa shape index (κ1) is 17.3. The van der Waals surface area contributed by atoms with Crippen molar-refractivity contribution < 1.29 is 9.18 Å². The van der Waals surface area contributed by atoms with Gasteiger partial charge in [0.05, 0.1) is 23.7 Å². The average molecular weight is 366 g/mol. The second kappa shape index (κ2) is 7.24. The number of H-pyrrole nitrogens is 1. The Labute approximate surface area is 155 Å². The van der Waals surface area contributed by atoms with Crippen molar-refractivity contribution in [3.8, 4) is 11.4 Å². The number of aromatic nitrogens is 4. The molecule has 0 radical (unpaired) electrons. The van der Waals surface area contributed by atoms with Crippen molar-refractivity contribution in [3.05, 3.63) is 66.0 Å². The Bertz CT molecular complexity index is 944. The van der Waals surface area contributed by atoms with Gasteiger partial charge >= 0.3 is 0 Å². The minimum absolute atomic E-state index is 0.0131. The molecule has 0 aliphatic carbocycles. The molecule has 1 amide bonds. The Morgan fingerprint density at radius 2 is 2.07 bits per heavy atom. The fourth-order valence-corrected chi connectivity index (χ4v) is 3.39. The van der Waals surface area contributed by atoms with Crippen molar-refractivity contribution in [2.75, 3.05) is 20.1 Å². The van der Waals surface area contributed by atoms with Crippen LogP contribution in [0.15, 0.2) is 48.8 Å². The number of halogens is 1. The van der Waals surface area contributed by atoms with E-state index < -0.39 is 11.7 Å². The summed E-state index contributed by atoms with van der Waals surface area (Å²) in [6.07, 6.45) is 2.44. The van der Waals surface area contributed by atoms with Crippen molar-refractivity contribution in [2.45, 2.75) is 12.0 Å². The molecule has 27 heavy (non-hydrogen) atoms. The zero-order valence-corrected chi connectivity index (χ0v) is 14.8. The van der Waals surface area contributed by atoms with E-state index in [4.69, 9.17) is 0 Å². The summed E-state index contributed by atoms with van der Waals surface area (Å²) >= 11 is 0. The highest BCUT2D eigenvalue weighted by molar-refractivity contribution is 5.94. The van der Waals surface area contributed by atoms with E-state index in [1.807, 2.05) is 37.4 Å². The van der Waals surface area contributed by atoms with Crippen molar-refractivity contribution >= 4 is 5.91 Å². The lowest BCUT2D eigenvalue weighted by Gasteiger charge is -2.18. The van der Waals surface area contributed by atoms with Gasteiger partial charge in [0.2, 0.25) is 0 Å². The van der Waals surface area contributed by atoms with Gasteiger partial charge in [-0.05, 0) is 13.1 Å². The number of pyridine rings is 1. The standard InChI is InChI=1S/C19H19FN6O/c1-26-10-14(18-23-17(24-25-18)12-5-3-2-4-6-12)16(11-26)22-19(27)13-7-8-21-9-15(13)20/h2-9,14,16H,10-11H2,1H3,(H,22,27)(H,23,24,25)/t14-,16-/m1/s1. The number of rotatable bonds is 4. The lowest BCUT2D eigenvalue weighted by atomic mass is 10.0. The lowest BCUT2D eigenvalue weighted by molar-refractivity contribution is 0.0931. The Morgan fingerprint density at radius 1 is 1.26 bits per heavy atom. The minimum Gasteiger partial charge on any atom is -0.347 e. The third-order valence-electron chi connectivity index (χ3n) is 4.72. The van der Waals surface area contributed by atoms with Crippen LogP contribution in [-0.4, -0.2) is 57.2 Å². The topological polar surface area (TPSA) is 86.8 Å². The van der Waals surface area contributed by atoms with Gasteiger partial charge < -0.3 is 10.2 Å². The van der Waals surface area contributed by atoms with E-state index in [0.29, 0.717) is 24.7 Å². The molecule has 2 atom stereocenters. The van der Waals surface area contributed by atoms with Crippen molar-refractivity contribution in [1.82, 2.24) is 30.4 Å². The highest BCUT2D eigenvalue weighted by atomic mass is 19.1. The minimum atomic E-state index is -0.635. The molecule has 1 aliphatic heterocycles. The summed E-state index contributed by atoms with van der Waals surface area (Å²) in [5, 5.41) is 10.2. The van der Waals surface area contributed by atoms with E-state index in [1.54, 1.807) is 0 Å². The van der Waals surface area contributed by atoms with Crippen molar-refractivity contribution in [2.24, 2.45) is 0 Å². The van der Waals surface area contributed by atoms with Crippen molar-refractivity contribution in [3.63, 3.8) is 0 Å². The number of benzene rings is 1. The molecule has 0 bridgehead atoms. The summed E-state index contributed by atoms with van der Waals surface area (Å²) in [6, 6.07) is 10.9. The normalized spacial score (nSPS) is 19.9. The highest BCUT2D eigenvalue weighted by Crippen LogP contribution is 2.26. The number of nitrogens with one attached hydrogen (secondary N) is 2. The zero-order valence-electron chi connectivity index (χ0n) is 14.8. The van der Waals surface area contributed by atoms with Crippen LogP contribution in [-0.2, 0) is 0 Å². The molecule has 0 spiro atoms. The smallest absolute Gasteiger partial charge is 0.254 e. The predicted octanol–water partition coefficient (Wildman–Crippen LogP) is 1.83. The van der Waals surface area contributed by atoms with Crippen molar-refractivity contribution in [1.29, 1.82) is 0 Å². The van der Waals surface area contributed by atoms with Crippen LogP contribution in [0.1, 0.15) is 22.1 Å². The molecule has 7 nitrogen and oxygen atoms in total. The van der Waals surface area contributed by atoms with Gasteiger partial charge in [-0.25, -0.2) is 9.37 Å². The van der Waals surface area contributed by atoms with Gasteiger partial charge in [-0.15, -0.1) is 0 Å². The fraction of sp³-hybridized carbons (Fsp3) is 0.263. The number of aromatic amines is 1. The second-order valence-corrected chi connectivity index (χ2v) is 6.67. The van der Waals surface area contributed by atoms with Crippen LogP contribution in [0.2, 0.25) is 0 Å². The first-order valence-corrected chi connectivity index (χ1v) is 8.68. The van der Waals surface area contributed by atoms with Crippen LogP contribution in [0.3, 0.4) is 0 Å². The van der Waals surface area contributed by atoms with Gasteiger partial charge in [-0.2, -0.15) is 5.10 Å². The molecule has 3 aromatic rings. The molecular formula is C19H19FN6O. The molecule has 4 rings (SSSR count). The van der Waals surface area contributed by atoms with Crippen LogP contribution in [0.4, 0.5) is 4.39 Å². The van der Waals surface area contributed by atoms with Crippen LogP contribution in [0, 0.1) is 5.82 Å². The van der Waals surface area contributed by atoms with E-state index in [0.717, 1.165) is 11.8 Å². The number of hydrogen-bond acceptors (Lipinski definition) is 5. The molecule has 138 valence electrons. The highest BCUT2D eigenvalue weighted by Gasteiger charge is 2.36. The molecule has 1 aliphatic rings. The van der Waals surface area contributed by atoms with E-state index in [2.05, 4.69) is 30.4 Å². The van der Waals surface area contributed by atoms with Gasteiger partial charge in [0, 0.05) is 24.8 Å².